The quantitative estimate of drug-likeness (QED) is 0.294. The van der Waals surface area contributed by atoms with Gasteiger partial charge in [0, 0.05) is 11.6 Å². The molecule has 0 aliphatic rings. The van der Waals surface area contributed by atoms with Crippen LogP contribution >= 0.6 is 0 Å². The lowest BCUT2D eigenvalue weighted by Gasteiger charge is -2.10. The zero-order valence-corrected chi connectivity index (χ0v) is 16.9. The van der Waals surface area contributed by atoms with Crippen LogP contribution in [0.3, 0.4) is 0 Å². The van der Waals surface area contributed by atoms with Crippen LogP contribution in [-0.4, -0.2) is 22.8 Å². The van der Waals surface area contributed by atoms with Crippen LogP contribution in [0.4, 0.5) is 0 Å². The van der Waals surface area contributed by atoms with Crippen LogP contribution < -0.4 is 4.74 Å². The van der Waals surface area contributed by atoms with Crippen molar-refractivity contribution in [1.82, 2.24) is 5.16 Å². The Morgan fingerprint density at radius 3 is 2.60 bits per heavy atom. The van der Waals surface area contributed by atoms with Gasteiger partial charge in [0.2, 0.25) is 0 Å². The number of esters is 1. The monoisotopic (exact) mass is 407 g/mol. The summed E-state index contributed by atoms with van der Waals surface area (Å²) in [7, 11) is 0. The van der Waals surface area contributed by atoms with E-state index in [0.717, 1.165) is 29.7 Å². The summed E-state index contributed by atoms with van der Waals surface area (Å²) in [6.45, 7) is 6.39. The van der Waals surface area contributed by atoms with Crippen LogP contribution in [0, 0.1) is 0 Å². The molecule has 30 heavy (non-hydrogen) atoms. The molecule has 3 rings (SSSR count). The number of carbonyl (C=O) groups excluding carboxylic acids is 1. The smallest absolute Gasteiger partial charge is 0.336 e. The van der Waals surface area contributed by atoms with Gasteiger partial charge in [0.05, 0.1) is 12.2 Å². The predicted octanol–water partition coefficient (Wildman–Crippen LogP) is 4.85. The molecular formula is C24H25NO5. The molecule has 0 spiro atoms. The molecule has 2 aromatic carbocycles. The number of aliphatic hydroxyl groups is 1. The minimum atomic E-state index is -1.31. The van der Waals surface area contributed by atoms with E-state index >= 15 is 0 Å². The van der Waals surface area contributed by atoms with E-state index in [0.29, 0.717) is 18.9 Å². The number of ether oxygens (including phenoxy) is 2. The molecule has 0 fully saturated rings. The van der Waals surface area contributed by atoms with Gasteiger partial charge in [-0.1, -0.05) is 55.4 Å². The van der Waals surface area contributed by atoms with Crippen molar-refractivity contribution in [2.75, 3.05) is 6.61 Å². The molecule has 1 unspecified atom stereocenters. The molecule has 0 saturated carbocycles. The van der Waals surface area contributed by atoms with E-state index in [1.54, 1.807) is 6.07 Å². The van der Waals surface area contributed by atoms with Crippen molar-refractivity contribution < 1.29 is 23.9 Å². The summed E-state index contributed by atoms with van der Waals surface area (Å²) >= 11 is 0. The third-order valence-corrected chi connectivity index (χ3v) is 4.52. The first-order chi connectivity index (χ1) is 14.6. The Morgan fingerprint density at radius 1 is 1.17 bits per heavy atom. The van der Waals surface area contributed by atoms with Gasteiger partial charge < -0.3 is 19.1 Å². The summed E-state index contributed by atoms with van der Waals surface area (Å²) in [6, 6.07) is 18.9. The first-order valence-corrected chi connectivity index (χ1v) is 9.86. The van der Waals surface area contributed by atoms with Gasteiger partial charge in [0.15, 0.2) is 5.76 Å². The highest BCUT2D eigenvalue weighted by molar-refractivity contribution is 5.89. The Balaban J connectivity index is 1.59. The van der Waals surface area contributed by atoms with Crippen LogP contribution in [-0.2, 0) is 16.1 Å². The second kappa shape index (κ2) is 10.4. The molecule has 156 valence electrons. The second-order valence-corrected chi connectivity index (χ2v) is 6.83. The van der Waals surface area contributed by atoms with E-state index in [4.69, 9.17) is 14.0 Å². The first-order valence-electron chi connectivity index (χ1n) is 9.86. The molecule has 1 N–H and O–H groups in total. The van der Waals surface area contributed by atoms with Gasteiger partial charge in [-0.25, -0.2) is 4.79 Å². The number of rotatable bonds is 10. The molecular weight excluding hydrogens is 382 g/mol. The average molecular weight is 407 g/mol. The van der Waals surface area contributed by atoms with E-state index in [1.807, 2.05) is 61.5 Å². The number of nitrogens with zero attached hydrogens (tertiary/aromatic N) is 1. The lowest BCUT2D eigenvalue weighted by Crippen LogP contribution is -2.14. The van der Waals surface area contributed by atoms with Crippen molar-refractivity contribution in [3.05, 3.63) is 84.1 Å². The summed E-state index contributed by atoms with van der Waals surface area (Å²) in [5.41, 5.74) is 2.33. The van der Waals surface area contributed by atoms with Crippen LogP contribution in [0.5, 0.6) is 5.75 Å². The largest absolute Gasteiger partial charge is 0.489 e. The predicted molar refractivity (Wildman–Crippen MR) is 113 cm³/mol. The Morgan fingerprint density at radius 2 is 1.90 bits per heavy atom. The zero-order chi connectivity index (χ0) is 21.3. The number of hydrogen-bond donors (Lipinski definition) is 1. The van der Waals surface area contributed by atoms with E-state index in [2.05, 4.69) is 11.7 Å². The molecule has 6 heteroatoms. The fourth-order valence-electron chi connectivity index (χ4n) is 2.70. The van der Waals surface area contributed by atoms with E-state index < -0.39 is 12.1 Å². The second-order valence-electron chi connectivity index (χ2n) is 6.83. The van der Waals surface area contributed by atoms with Crippen molar-refractivity contribution in [1.29, 1.82) is 0 Å². The number of hydrogen-bond acceptors (Lipinski definition) is 6. The molecule has 1 atom stereocenters. The minimum Gasteiger partial charge on any atom is -0.489 e. The van der Waals surface area contributed by atoms with Crippen molar-refractivity contribution in [2.45, 2.75) is 32.5 Å². The molecule has 0 amide bonds. The lowest BCUT2D eigenvalue weighted by atomic mass is 10.1. The summed E-state index contributed by atoms with van der Waals surface area (Å²) in [5, 5.41) is 14.3. The normalized spacial score (nSPS) is 11.7. The number of carbonyl (C=O) groups is 1. The fraction of sp³-hybridized carbons (Fsp3) is 0.250. The number of benzene rings is 2. The molecule has 0 aliphatic heterocycles. The van der Waals surface area contributed by atoms with Gasteiger partial charge in [-0.2, -0.15) is 0 Å². The lowest BCUT2D eigenvalue weighted by molar-refractivity contribution is -0.140. The average Bonchev–Trinajstić information content (AvgIpc) is 3.28. The van der Waals surface area contributed by atoms with Gasteiger partial charge >= 0.3 is 5.97 Å². The Hall–Kier alpha value is -3.38. The van der Waals surface area contributed by atoms with E-state index in [-0.39, 0.29) is 11.3 Å². The number of aliphatic hydroxyl groups excluding tert-OH is 1. The maximum absolute atomic E-state index is 12.0. The van der Waals surface area contributed by atoms with E-state index in [9.17, 15) is 9.90 Å². The van der Waals surface area contributed by atoms with Crippen molar-refractivity contribution in [3.63, 3.8) is 0 Å². The molecule has 0 saturated heterocycles. The molecule has 0 aliphatic carbocycles. The highest BCUT2D eigenvalue weighted by atomic mass is 16.5. The van der Waals surface area contributed by atoms with Crippen molar-refractivity contribution >= 4 is 5.97 Å². The number of aromatic nitrogens is 1. The van der Waals surface area contributed by atoms with E-state index in [1.165, 1.54) is 0 Å². The molecule has 0 radical (unpaired) electrons. The standard InChI is InChI=1S/C24H25NO5/c1-3-4-14-28-24(27)17(2)23(26)22-15-21(25-30-22)19-10-12-20(13-11-19)29-16-18-8-6-5-7-9-18/h5-13,15,23,26H,2-4,14,16H2,1H3. The summed E-state index contributed by atoms with van der Waals surface area (Å²) in [6.07, 6.45) is 0.352. The SMILES string of the molecule is C=C(C(=O)OCCCC)C(O)c1cc(-c2ccc(OCc3ccccc3)cc2)no1. The highest BCUT2D eigenvalue weighted by Gasteiger charge is 2.24. The third-order valence-electron chi connectivity index (χ3n) is 4.52. The molecule has 1 aromatic heterocycles. The summed E-state index contributed by atoms with van der Waals surface area (Å²) in [5.74, 6) is 0.218. The van der Waals surface area contributed by atoms with Gasteiger partial charge in [0.25, 0.3) is 0 Å². The topological polar surface area (TPSA) is 81.8 Å². The fourth-order valence-corrected chi connectivity index (χ4v) is 2.70. The summed E-state index contributed by atoms with van der Waals surface area (Å²) < 4.78 is 16.1. The van der Waals surface area contributed by atoms with Gasteiger partial charge in [0.1, 0.15) is 24.2 Å². The minimum absolute atomic E-state index is 0.0848. The van der Waals surface area contributed by atoms with Crippen molar-refractivity contribution in [3.8, 4) is 17.0 Å². The maximum atomic E-state index is 12.0. The maximum Gasteiger partial charge on any atom is 0.336 e. The summed E-state index contributed by atoms with van der Waals surface area (Å²) in [4.78, 5) is 12.0. The Bertz CT molecular complexity index is 963. The van der Waals surface area contributed by atoms with Gasteiger partial charge in [-0.15, -0.1) is 0 Å². The zero-order valence-electron chi connectivity index (χ0n) is 16.9. The Kier molecular flexibility index (Phi) is 7.40. The number of unbranched alkanes of at least 4 members (excludes halogenated alkanes) is 1. The molecule has 6 nitrogen and oxygen atoms in total. The Labute approximate surface area is 175 Å². The third kappa shape index (κ3) is 5.58. The van der Waals surface area contributed by atoms with Crippen LogP contribution in [0.2, 0.25) is 0 Å². The van der Waals surface area contributed by atoms with Gasteiger partial charge in [-0.3, -0.25) is 0 Å². The highest BCUT2D eigenvalue weighted by Crippen LogP contribution is 2.27. The van der Waals surface area contributed by atoms with Crippen LogP contribution in [0.15, 0.2) is 77.3 Å². The van der Waals surface area contributed by atoms with Gasteiger partial charge in [-0.05, 0) is 36.2 Å². The molecule has 3 aromatic rings. The van der Waals surface area contributed by atoms with Crippen LogP contribution in [0.25, 0.3) is 11.3 Å². The van der Waals surface area contributed by atoms with Crippen LogP contribution in [0.1, 0.15) is 37.2 Å². The van der Waals surface area contributed by atoms with Crippen molar-refractivity contribution in [2.24, 2.45) is 0 Å². The first kappa shape index (κ1) is 21.3. The molecule has 1 heterocycles. The molecule has 0 bridgehead atoms.